The fourth-order valence-electron chi connectivity index (χ4n) is 2.84. The smallest absolute Gasteiger partial charge is 0.222 e. The quantitative estimate of drug-likeness (QED) is 0.865. The highest BCUT2D eigenvalue weighted by molar-refractivity contribution is 5.78. The van der Waals surface area contributed by atoms with Gasteiger partial charge in [-0.2, -0.15) is 0 Å². The molecule has 1 aromatic carbocycles. The molecule has 1 aliphatic rings. The molecule has 0 saturated carbocycles. The van der Waals surface area contributed by atoms with Gasteiger partial charge >= 0.3 is 0 Å². The van der Waals surface area contributed by atoms with Crippen molar-refractivity contribution in [2.75, 3.05) is 20.1 Å². The Hall–Kier alpha value is -1.35. The highest BCUT2D eigenvalue weighted by Gasteiger charge is 2.23. The van der Waals surface area contributed by atoms with E-state index < -0.39 is 0 Å². The number of rotatable bonds is 6. The summed E-state index contributed by atoms with van der Waals surface area (Å²) in [6.45, 7) is 6.16. The van der Waals surface area contributed by atoms with Gasteiger partial charge in [-0.3, -0.25) is 4.79 Å². The Bertz CT molecular complexity index is 439. The fraction of sp³-hybridized carbons (Fsp3) is 0.588. The van der Waals surface area contributed by atoms with Gasteiger partial charge in [0, 0.05) is 25.6 Å². The van der Waals surface area contributed by atoms with E-state index in [9.17, 15) is 4.79 Å². The number of hydrogen-bond donors (Lipinski definition) is 1. The van der Waals surface area contributed by atoms with Crippen LogP contribution in [0.3, 0.4) is 0 Å². The first kappa shape index (κ1) is 15.0. The molecule has 1 fully saturated rings. The zero-order chi connectivity index (χ0) is 14.5. The summed E-state index contributed by atoms with van der Waals surface area (Å²) in [5, 5.41) is 3.33. The molecule has 0 spiro atoms. The molecule has 3 heteroatoms. The second-order valence-electron chi connectivity index (χ2n) is 6.12. The van der Waals surface area contributed by atoms with E-state index in [1.165, 1.54) is 11.1 Å². The molecule has 110 valence electrons. The molecular formula is C17H26N2O. The molecule has 0 bridgehead atoms. The molecule has 20 heavy (non-hydrogen) atoms. The van der Waals surface area contributed by atoms with Gasteiger partial charge in [-0.25, -0.2) is 0 Å². The molecule has 2 rings (SSSR count). The minimum Gasteiger partial charge on any atom is -0.341 e. The average Bonchev–Trinajstić information content (AvgIpc) is 2.82. The van der Waals surface area contributed by atoms with Gasteiger partial charge in [0.2, 0.25) is 5.91 Å². The van der Waals surface area contributed by atoms with Gasteiger partial charge in [-0.1, -0.05) is 38.1 Å². The number of benzene rings is 1. The third-order valence-corrected chi connectivity index (χ3v) is 3.95. The first-order chi connectivity index (χ1) is 9.60. The highest BCUT2D eigenvalue weighted by Crippen LogP contribution is 2.19. The molecule has 0 aliphatic carbocycles. The van der Waals surface area contributed by atoms with E-state index >= 15 is 0 Å². The minimum atomic E-state index is 0.227. The van der Waals surface area contributed by atoms with Crippen molar-refractivity contribution in [3.05, 3.63) is 35.4 Å². The zero-order valence-electron chi connectivity index (χ0n) is 12.9. The van der Waals surface area contributed by atoms with E-state index in [1.54, 1.807) is 0 Å². The predicted molar refractivity (Wildman–Crippen MR) is 82.6 cm³/mol. The summed E-state index contributed by atoms with van der Waals surface area (Å²) in [4.78, 5) is 13.7. The number of likely N-dealkylation sites (N-methyl/N-ethyl adjacent to an activating group) is 1. The van der Waals surface area contributed by atoms with Gasteiger partial charge in [0.15, 0.2) is 0 Å². The second kappa shape index (κ2) is 6.89. The monoisotopic (exact) mass is 274 g/mol. The van der Waals surface area contributed by atoms with Crippen molar-refractivity contribution in [1.29, 1.82) is 0 Å². The number of hydrogen-bond acceptors (Lipinski definition) is 2. The molecule has 1 saturated heterocycles. The molecule has 1 aromatic rings. The van der Waals surface area contributed by atoms with E-state index in [-0.39, 0.29) is 6.04 Å². The van der Waals surface area contributed by atoms with Gasteiger partial charge in [0.1, 0.15) is 0 Å². The van der Waals surface area contributed by atoms with Gasteiger partial charge in [-0.15, -0.1) is 0 Å². The summed E-state index contributed by atoms with van der Waals surface area (Å²) >= 11 is 0. The van der Waals surface area contributed by atoms with Crippen LogP contribution in [0, 0.1) is 5.92 Å². The number of amides is 1. The summed E-state index contributed by atoms with van der Waals surface area (Å²) in [5.74, 6) is 0.977. The summed E-state index contributed by atoms with van der Waals surface area (Å²) < 4.78 is 0. The third-order valence-electron chi connectivity index (χ3n) is 3.95. The molecular weight excluding hydrogens is 248 g/mol. The van der Waals surface area contributed by atoms with Crippen molar-refractivity contribution in [2.45, 2.75) is 39.2 Å². The number of carbonyl (C=O) groups is 1. The average molecular weight is 274 g/mol. The first-order valence-electron chi connectivity index (χ1n) is 7.64. The summed E-state index contributed by atoms with van der Waals surface area (Å²) in [5.41, 5.74) is 2.65. The van der Waals surface area contributed by atoms with E-state index in [0.29, 0.717) is 18.2 Å². The molecule has 0 radical (unpaired) electrons. The number of carbonyl (C=O) groups excluding carboxylic acids is 1. The van der Waals surface area contributed by atoms with Gasteiger partial charge < -0.3 is 10.2 Å². The summed E-state index contributed by atoms with van der Waals surface area (Å²) in [7, 11) is 1.97. The lowest BCUT2D eigenvalue weighted by molar-refractivity contribution is -0.128. The Balaban J connectivity index is 2.01. The van der Waals surface area contributed by atoms with Crippen molar-refractivity contribution >= 4 is 5.91 Å². The molecule has 1 amide bonds. The Morgan fingerprint density at radius 1 is 1.25 bits per heavy atom. The Morgan fingerprint density at radius 2 is 1.95 bits per heavy atom. The molecule has 1 atom stereocenters. The Labute approximate surface area is 122 Å². The van der Waals surface area contributed by atoms with Crippen LogP contribution in [0.5, 0.6) is 0 Å². The maximum Gasteiger partial charge on any atom is 0.222 e. The standard InChI is InChI=1S/C17H26N2O/c1-13(2)11-14-6-8-15(9-7-14)16(18-3)12-19-10-4-5-17(19)20/h6-9,13,16,18H,4-5,10-12H2,1-3H3. The van der Waals surface area contributed by atoms with Crippen molar-refractivity contribution in [3.63, 3.8) is 0 Å². The van der Waals surface area contributed by atoms with E-state index in [0.717, 1.165) is 25.9 Å². The molecule has 0 aromatic heterocycles. The van der Waals surface area contributed by atoms with Crippen LogP contribution in [0.15, 0.2) is 24.3 Å². The van der Waals surface area contributed by atoms with Crippen molar-refractivity contribution in [1.82, 2.24) is 10.2 Å². The second-order valence-corrected chi connectivity index (χ2v) is 6.12. The van der Waals surface area contributed by atoms with Crippen LogP contribution in [0.1, 0.15) is 43.9 Å². The fourth-order valence-corrected chi connectivity index (χ4v) is 2.84. The number of nitrogens with one attached hydrogen (secondary N) is 1. The van der Waals surface area contributed by atoms with Crippen molar-refractivity contribution in [2.24, 2.45) is 5.92 Å². The number of nitrogens with zero attached hydrogens (tertiary/aromatic N) is 1. The van der Waals surface area contributed by atoms with Crippen LogP contribution in [-0.2, 0) is 11.2 Å². The molecule has 1 N–H and O–H groups in total. The van der Waals surface area contributed by atoms with E-state index in [2.05, 4.69) is 43.4 Å². The minimum absolute atomic E-state index is 0.227. The third kappa shape index (κ3) is 3.83. The molecule has 1 heterocycles. The van der Waals surface area contributed by atoms with Crippen LogP contribution in [0.25, 0.3) is 0 Å². The topological polar surface area (TPSA) is 32.3 Å². The molecule has 1 unspecified atom stereocenters. The first-order valence-corrected chi connectivity index (χ1v) is 7.64. The van der Waals surface area contributed by atoms with Crippen LogP contribution in [0.4, 0.5) is 0 Å². The lowest BCUT2D eigenvalue weighted by atomic mass is 9.99. The zero-order valence-corrected chi connectivity index (χ0v) is 12.9. The van der Waals surface area contributed by atoms with Crippen molar-refractivity contribution in [3.8, 4) is 0 Å². The highest BCUT2D eigenvalue weighted by atomic mass is 16.2. The normalized spacial score (nSPS) is 17.0. The van der Waals surface area contributed by atoms with Crippen LogP contribution < -0.4 is 5.32 Å². The van der Waals surface area contributed by atoms with Crippen LogP contribution >= 0.6 is 0 Å². The van der Waals surface area contributed by atoms with Crippen molar-refractivity contribution < 1.29 is 4.79 Å². The number of likely N-dealkylation sites (tertiary alicyclic amines) is 1. The maximum absolute atomic E-state index is 11.7. The lowest BCUT2D eigenvalue weighted by Gasteiger charge is -2.24. The predicted octanol–water partition coefficient (Wildman–Crippen LogP) is 2.77. The van der Waals surface area contributed by atoms with Crippen LogP contribution in [-0.4, -0.2) is 30.9 Å². The van der Waals surface area contributed by atoms with Gasteiger partial charge in [-0.05, 0) is 36.9 Å². The van der Waals surface area contributed by atoms with E-state index in [4.69, 9.17) is 0 Å². The van der Waals surface area contributed by atoms with Gasteiger partial charge in [0.25, 0.3) is 0 Å². The summed E-state index contributed by atoms with van der Waals surface area (Å²) in [6, 6.07) is 9.04. The SMILES string of the molecule is CNC(CN1CCCC1=O)c1ccc(CC(C)C)cc1. The summed E-state index contributed by atoms with van der Waals surface area (Å²) in [6.07, 6.45) is 2.83. The molecule has 3 nitrogen and oxygen atoms in total. The molecule has 1 aliphatic heterocycles. The lowest BCUT2D eigenvalue weighted by Crippen LogP contribution is -2.34. The Morgan fingerprint density at radius 3 is 2.45 bits per heavy atom. The van der Waals surface area contributed by atoms with E-state index in [1.807, 2.05) is 11.9 Å². The van der Waals surface area contributed by atoms with Gasteiger partial charge in [0.05, 0.1) is 0 Å². The van der Waals surface area contributed by atoms with Crippen LogP contribution in [0.2, 0.25) is 0 Å². The Kier molecular flexibility index (Phi) is 5.18. The maximum atomic E-state index is 11.7. The largest absolute Gasteiger partial charge is 0.341 e.